The molecule has 0 aromatic heterocycles. The van der Waals surface area contributed by atoms with Crippen molar-refractivity contribution < 1.29 is 19.4 Å². The Kier molecular flexibility index (Phi) is 23.2. The third-order valence-electron chi connectivity index (χ3n) is 0.851. The highest BCUT2D eigenvalue weighted by atomic mass is 16.5. The molecule has 96 valence electrons. The monoisotopic (exact) mass is 241 g/mol. The molecule has 17 heavy (non-hydrogen) atoms. The van der Waals surface area contributed by atoms with Gasteiger partial charge in [0, 0.05) is 18.7 Å². The molecule has 0 fully saturated rings. The lowest BCUT2D eigenvalue weighted by Gasteiger charge is -1.92. The van der Waals surface area contributed by atoms with E-state index in [-0.39, 0.29) is 6.61 Å². The van der Waals surface area contributed by atoms with Crippen molar-refractivity contribution in [1.29, 1.82) is 0 Å². The molecule has 0 saturated carbocycles. The van der Waals surface area contributed by atoms with Crippen LogP contribution in [0.2, 0.25) is 0 Å². The van der Waals surface area contributed by atoms with Crippen LogP contribution in [-0.2, 0) is 14.3 Å². The largest absolute Gasteiger partial charge is 0.478 e. The number of aliphatic carboxylic acids is 1. The zero-order valence-electron chi connectivity index (χ0n) is 9.80. The Morgan fingerprint density at radius 2 is 1.53 bits per heavy atom. The second kappa shape index (κ2) is 19.4. The maximum absolute atomic E-state index is 10.2. The van der Waals surface area contributed by atoms with Crippen molar-refractivity contribution in [3.8, 4) is 0 Å². The highest BCUT2D eigenvalue weighted by molar-refractivity contribution is 5.81. The lowest BCUT2D eigenvalue weighted by atomic mass is 10.6. The van der Waals surface area contributed by atoms with Crippen molar-refractivity contribution in [2.24, 2.45) is 5.73 Å². The normalized spacial score (nSPS) is 6.88. The van der Waals surface area contributed by atoms with E-state index in [0.717, 1.165) is 12.2 Å². The number of hydrogen-bond acceptors (Lipinski definition) is 4. The third-order valence-corrected chi connectivity index (χ3v) is 0.851. The van der Waals surface area contributed by atoms with E-state index in [1.165, 1.54) is 6.08 Å². The topological polar surface area (TPSA) is 89.6 Å². The van der Waals surface area contributed by atoms with Gasteiger partial charge in [-0.05, 0) is 0 Å². The quantitative estimate of drug-likeness (QED) is 0.430. The molecule has 5 nitrogen and oxygen atoms in total. The minimum atomic E-state index is -0.981. The van der Waals surface area contributed by atoms with Crippen LogP contribution in [0.4, 0.5) is 0 Å². The van der Waals surface area contributed by atoms with Gasteiger partial charge in [-0.15, -0.1) is 6.58 Å². The van der Waals surface area contributed by atoms with Crippen LogP contribution in [0.5, 0.6) is 0 Å². The molecule has 0 spiro atoms. The van der Waals surface area contributed by atoms with E-state index in [1.807, 2.05) is 0 Å². The maximum Gasteiger partial charge on any atom is 0.330 e. The summed E-state index contributed by atoms with van der Waals surface area (Å²) in [7, 11) is 0. The van der Waals surface area contributed by atoms with Crippen LogP contribution in [0.1, 0.15) is 0 Å². The van der Waals surface area contributed by atoms with Crippen molar-refractivity contribution in [3.63, 3.8) is 0 Å². The van der Waals surface area contributed by atoms with Gasteiger partial charge in [-0.1, -0.05) is 31.9 Å². The van der Waals surface area contributed by atoms with Crippen molar-refractivity contribution in [3.05, 3.63) is 50.6 Å². The van der Waals surface area contributed by atoms with E-state index in [9.17, 15) is 9.59 Å². The molecule has 0 heterocycles. The van der Waals surface area contributed by atoms with Crippen molar-refractivity contribution in [1.82, 2.24) is 0 Å². The van der Waals surface area contributed by atoms with Gasteiger partial charge in [0.1, 0.15) is 6.61 Å². The van der Waals surface area contributed by atoms with Crippen LogP contribution >= 0.6 is 0 Å². The average Bonchev–Trinajstić information content (AvgIpc) is 2.36. The summed E-state index contributed by atoms with van der Waals surface area (Å²) >= 11 is 0. The Morgan fingerprint density at radius 1 is 1.12 bits per heavy atom. The number of carboxylic acid groups (broad SMARTS) is 1. The zero-order chi connectivity index (χ0) is 14.1. The number of carbonyl (C=O) groups is 2. The van der Waals surface area contributed by atoms with Crippen molar-refractivity contribution in [2.75, 3.05) is 13.2 Å². The first-order valence-electron chi connectivity index (χ1n) is 4.56. The smallest absolute Gasteiger partial charge is 0.330 e. The Balaban J connectivity index is -0.000000188. The molecular formula is C12H19NO4. The summed E-state index contributed by atoms with van der Waals surface area (Å²) in [5, 5.41) is 7.60. The number of nitrogens with two attached hydrogens (primary N) is 1. The lowest BCUT2D eigenvalue weighted by molar-refractivity contribution is -0.136. The van der Waals surface area contributed by atoms with Gasteiger partial charge >= 0.3 is 11.9 Å². The number of carbonyl (C=O) groups excluding carboxylic acids is 1. The second-order valence-corrected chi connectivity index (χ2v) is 2.19. The predicted octanol–water partition coefficient (Wildman–Crippen LogP) is 1.29. The van der Waals surface area contributed by atoms with Crippen LogP contribution in [0, 0.1) is 0 Å². The van der Waals surface area contributed by atoms with Gasteiger partial charge in [0.25, 0.3) is 0 Å². The van der Waals surface area contributed by atoms with E-state index in [4.69, 9.17) is 10.8 Å². The fraction of sp³-hybridized carbons (Fsp3) is 0.167. The molecule has 0 amide bonds. The van der Waals surface area contributed by atoms with E-state index >= 15 is 0 Å². The van der Waals surface area contributed by atoms with E-state index < -0.39 is 11.9 Å². The van der Waals surface area contributed by atoms with Crippen LogP contribution in [0.15, 0.2) is 50.6 Å². The zero-order valence-corrected chi connectivity index (χ0v) is 9.80. The first-order valence-corrected chi connectivity index (χ1v) is 4.56. The highest BCUT2D eigenvalue weighted by Gasteiger charge is 1.87. The van der Waals surface area contributed by atoms with Gasteiger partial charge < -0.3 is 15.6 Å². The number of ether oxygens (including phenoxy) is 1. The van der Waals surface area contributed by atoms with Gasteiger partial charge in [0.05, 0.1) is 0 Å². The first kappa shape index (κ1) is 20.3. The summed E-state index contributed by atoms with van der Waals surface area (Å²) in [5.41, 5.74) is 4.91. The van der Waals surface area contributed by atoms with Gasteiger partial charge in [-0.3, -0.25) is 0 Å². The van der Waals surface area contributed by atoms with Crippen molar-refractivity contribution in [2.45, 2.75) is 0 Å². The third kappa shape index (κ3) is 41.4. The van der Waals surface area contributed by atoms with Gasteiger partial charge in [0.2, 0.25) is 0 Å². The SMILES string of the molecule is C=CC(=O)O.C=CCN.C=CCOC(=O)C=C. The number of carboxylic acids is 1. The Bertz CT molecular complexity index is 259. The van der Waals surface area contributed by atoms with E-state index in [1.54, 1.807) is 6.08 Å². The standard InChI is InChI=1S/C6H8O2.C3H7N.C3H4O2/c1-3-5-8-6(7)4-2;1-2-3-4;1-2-3(4)5/h3-4H,1-2,5H2;2H,1,3-4H2;2H,1H2,(H,4,5). The van der Waals surface area contributed by atoms with Crippen molar-refractivity contribution >= 4 is 11.9 Å². The molecule has 5 heteroatoms. The second-order valence-electron chi connectivity index (χ2n) is 2.19. The molecule has 0 atom stereocenters. The maximum atomic E-state index is 10.2. The first-order chi connectivity index (χ1) is 7.99. The predicted molar refractivity (Wildman–Crippen MR) is 68.4 cm³/mol. The van der Waals surface area contributed by atoms with E-state index in [2.05, 4.69) is 31.1 Å². The van der Waals surface area contributed by atoms with Crippen LogP contribution in [0.25, 0.3) is 0 Å². The molecule has 0 aromatic carbocycles. The minimum absolute atomic E-state index is 0.255. The summed E-state index contributed by atoms with van der Waals surface area (Å²) in [5.74, 6) is -1.39. The Labute approximate surface area is 102 Å². The number of hydrogen-bond donors (Lipinski definition) is 2. The average molecular weight is 241 g/mol. The van der Waals surface area contributed by atoms with Crippen LogP contribution < -0.4 is 5.73 Å². The van der Waals surface area contributed by atoms with Gasteiger partial charge in [0.15, 0.2) is 0 Å². The van der Waals surface area contributed by atoms with E-state index in [0.29, 0.717) is 6.54 Å². The molecule has 3 N–H and O–H groups in total. The van der Waals surface area contributed by atoms with Crippen LogP contribution in [-0.4, -0.2) is 30.2 Å². The molecule has 0 rings (SSSR count). The molecule has 0 aliphatic heterocycles. The van der Waals surface area contributed by atoms with Crippen LogP contribution in [0.3, 0.4) is 0 Å². The summed E-state index contributed by atoms with van der Waals surface area (Å²) in [6.07, 6.45) is 5.10. The summed E-state index contributed by atoms with van der Waals surface area (Å²) in [6.45, 7) is 13.7. The molecule has 0 saturated heterocycles. The fourth-order valence-corrected chi connectivity index (χ4v) is 0.200. The number of rotatable bonds is 5. The molecule has 0 bridgehead atoms. The summed E-state index contributed by atoms with van der Waals surface area (Å²) < 4.78 is 4.47. The molecule has 0 unspecified atom stereocenters. The number of esters is 1. The minimum Gasteiger partial charge on any atom is -0.478 e. The highest BCUT2D eigenvalue weighted by Crippen LogP contribution is 1.77. The molecule has 0 radical (unpaired) electrons. The lowest BCUT2D eigenvalue weighted by Crippen LogP contribution is -1.98. The Morgan fingerprint density at radius 3 is 1.71 bits per heavy atom. The molecule has 0 aliphatic rings. The Hall–Kier alpha value is -2.14. The summed E-state index contributed by atoms with van der Waals surface area (Å²) in [6, 6.07) is 0. The fourth-order valence-electron chi connectivity index (χ4n) is 0.200. The summed E-state index contributed by atoms with van der Waals surface area (Å²) in [4.78, 5) is 19.4. The van der Waals surface area contributed by atoms with Gasteiger partial charge in [-0.25, -0.2) is 9.59 Å². The van der Waals surface area contributed by atoms with Gasteiger partial charge in [-0.2, -0.15) is 0 Å². The molecular weight excluding hydrogens is 222 g/mol. The molecule has 0 aliphatic carbocycles. The molecule has 0 aromatic rings.